The molecule has 0 radical (unpaired) electrons. The van der Waals surface area contributed by atoms with Crippen molar-refractivity contribution in [2.75, 3.05) is 19.6 Å². The summed E-state index contributed by atoms with van der Waals surface area (Å²) >= 11 is 0. The summed E-state index contributed by atoms with van der Waals surface area (Å²) in [5.41, 5.74) is 2.36. The second-order valence-electron chi connectivity index (χ2n) is 6.41. The van der Waals surface area contributed by atoms with E-state index >= 15 is 0 Å². The Labute approximate surface area is 150 Å². The van der Waals surface area contributed by atoms with Gasteiger partial charge in [0, 0.05) is 24.7 Å². The largest absolute Gasteiger partial charge is 0.402 e. The van der Waals surface area contributed by atoms with E-state index < -0.39 is 22.9 Å². The van der Waals surface area contributed by atoms with E-state index in [0.717, 1.165) is 15.4 Å². The topological polar surface area (TPSA) is 78.5 Å². The monoisotopic (exact) mass is 393 g/mol. The second kappa shape index (κ2) is 7.93. The first-order chi connectivity index (χ1) is 12.0. The fourth-order valence-corrected chi connectivity index (χ4v) is 3.97. The number of benzene rings is 1. The molecule has 0 saturated carbocycles. The molecule has 1 aliphatic heterocycles. The van der Waals surface area contributed by atoms with Crippen LogP contribution in [0.2, 0.25) is 0 Å². The Balaban J connectivity index is 1.90. The van der Waals surface area contributed by atoms with Crippen LogP contribution in [0.1, 0.15) is 34.3 Å². The molecule has 10 heteroatoms. The Morgan fingerprint density at radius 3 is 2.42 bits per heavy atom. The zero-order valence-corrected chi connectivity index (χ0v) is 15.4. The molecule has 2 rings (SSSR count). The van der Waals surface area contributed by atoms with Gasteiger partial charge in [-0.3, -0.25) is 4.79 Å². The predicted molar refractivity (Wildman–Crippen MR) is 91.0 cm³/mol. The van der Waals surface area contributed by atoms with Crippen LogP contribution in [0.3, 0.4) is 0 Å². The van der Waals surface area contributed by atoms with Gasteiger partial charge in [-0.05, 0) is 38.3 Å². The van der Waals surface area contributed by atoms with Gasteiger partial charge in [0.05, 0.1) is 0 Å². The van der Waals surface area contributed by atoms with Gasteiger partial charge >= 0.3 is 6.18 Å². The molecule has 0 bridgehead atoms. The highest BCUT2D eigenvalue weighted by molar-refractivity contribution is 7.87. The number of rotatable bonds is 5. The number of aryl methyl sites for hydroxylation is 2. The lowest BCUT2D eigenvalue weighted by atomic mass is 10.0. The SMILES string of the molecule is Cc1ccc(C)c(C(=O)NC2CCN(S(=O)(=O)NCC(F)(F)F)CC2)c1. The molecular formula is C16H22F3N3O3S. The summed E-state index contributed by atoms with van der Waals surface area (Å²) in [5.74, 6) is -0.234. The van der Waals surface area contributed by atoms with Crippen LogP contribution in [0.15, 0.2) is 18.2 Å². The Hall–Kier alpha value is -1.65. The van der Waals surface area contributed by atoms with Crippen LogP contribution in [-0.2, 0) is 10.2 Å². The van der Waals surface area contributed by atoms with Crippen molar-refractivity contribution >= 4 is 16.1 Å². The number of carbonyl (C=O) groups is 1. The molecule has 1 saturated heterocycles. The Bertz CT molecular complexity index is 758. The number of hydrogen-bond acceptors (Lipinski definition) is 3. The third-order valence-electron chi connectivity index (χ3n) is 4.22. The molecule has 26 heavy (non-hydrogen) atoms. The fourth-order valence-electron chi connectivity index (χ4n) is 2.75. The van der Waals surface area contributed by atoms with Crippen LogP contribution in [0.4, 0.5) is 13.2 Å². The van der Waals surface area contributed by atoms with Crippen molar-refractivity contribution in [3.05, 3.63) is 34.9 Å². The highest BCUT2D eigenvalue weighted by Gasteiger charge is 2.33. The molecule has 0 aliphatic carbocycles. The normalized spacial score (nSPS) is 17.3. The van der Waals surface area contributed by atoms with E-state index in [0.29, 0.717) is 18.4 Å². The molecule has 0 aromatic heterocycles. The van der Waals surface area contributed by atoms with Gasteiger partial charge in [0.25, 0.3) is 16.1 Å². The molecule has 0 atom stereocenters. The minimum absolute atomic E-state index is 0.0466. The second-order valence-corrected chi connectivity index (χ2v) is 8.16. The number of nitrogens with one attached hydrogen (secondary N) is 2. The number of alkyl halides is 3. The molecular weight excluding hydrogens is 371 g/mol. The maximum absolute atomic E-state index is 12.4. The van der Waals surface area contributed by atoms with Crippen LogP contribution in [-0.4, -0.2) is 50.5 Å². The maximum atomic E-state index is 12.4. The first-order valence-corrected chi connectivity index (χ1v) is 9.61. The number of amides is 1. The first kappa shape index (κ1) is 20.7. The summed E-state index contributed by atoms with van der Waals surface area (Å²) < 4.78 is 62.9. The highest BCUT2D eigenvalue weighted by Crippen LogP contribution is 2.17. The van der Waals surface area contributed by atoms with Gasteiger partial charge in [-0.2, -0.15) is 30.6 Å². The van der Waals surface area contributed by atoms with E-state index in [4.69, 9.17) is 0 Å². The molecule has 2 N–H and O–H groups in total. The summed E-state index contributed by atoms with van der Waals surface area (Å²) in [6.07, 6.45) is -3.93. The van der Waals surface area contributed by atoms with Gasteiger partial charge < -0.3 is 5.32 Å². The maximum Gasteiger partial charge on any atom is 0.402 e. The molecule has 0 unspecified atom stereocenters. The smallest absolute Gasteiger partial charge is 0.349 e. The zero-order chi connectivity index (χ0) is 19.5. The first-order valence-electron chi connectivity index (χ1n) is 8.17. The van der Waals surface area contributed by atoms with E-state index in [9.17, 15) is 26.4 Å². The standard InChI is InChI=1S/C16H22F3N3O3S/c1-11-3-4-12(2)14(9-11)15(23)21-13-5-7-22(8-6-13)26(24,25)20-10-16(17,18)19/h3-4,9,13,20H,5-8,10H2,1-2H3,(H,21,23). The molecule has 1 aromatic rings. The van der Waals surface area contributed by atoms with Crippen molar-refractivity contribution < 1.29 is 26.4 Å². The van der Waals surface area contributed by atoms with Crippen molar-refractivity contribution in [3.63, 3.8) is 0 Å². The molecule has 6 nitrogen and oxygen atoms in total. The Kier molecular flexibility index (Phi) is 6.30. The quantitative estimate of drug-likeness (QED) is 0.802. The van der Waals surface area contributed by atoms with Crippen LogP contribution >= 0.6 is 0 Å². The molecule has 146 valence electrons. The molecule has 1 aromatic carbocycles. The summed E-state index contributed by atoms with van der Waals surface area (Å²) in [5, 5.41) is 2.87. The van der Waals surface area contributed by atoms with Crippen LogP contribution < -0.4 is 10.0 Å². The molecule has 1 fully saturated rings. The van der Waals surface area contributed by atoms with Gasteiger partial charge in [0.15, 0.2) is 0 Å². The predicted octanol–water partition coefficient (Wildman–Crippen LogP) is 1.89. The Morgan fingerprint density at radius 1 is 1.23 bits per heavy atom. The van der Waals surface area contributed by atoms with Crippen LogP contribution in [0.5, 0.6) is 0 Å². The minimum atomic E-state index is -4.61. The minimum Gasteiger partial charge on any atom is -0.349 e. The summed E-state index contributed by atoms with van der Waals surface area (Å²) in [6, 6.07) is 5.32. The lowest BCUT2D eigenvalue weighted by Gasteiger charge is -2.31. The number of nitrogens with zero attached hydrogens (tertiary/aromatic N) is 1. The average Bonchev–Trinajstić information content (AvgIpc) is 2.55. The Morgan fingerprint density at radius 2 is 1.85 bits per heavy atom. The highest BCUT2D eigenvalue weighted by atomic mass is 32.2. The van der Waals surface area contributed by atoms with Crippen LogP contribution in [0.25, 0.3) is 0 Å². The lowest BCUT2D eigenvalue weighted by molar-refractivity contribution is -0.121. The summed E-state index contributed by atoms with van der Waals surface area (Å²) in [4.78, 5) is 12.4. The van der Waals surface area contributed by atoms with Crippen molar-refractivity contribution in [3.8, 4) is 0 Å². The van der Waals surface area contributed by atoms with Crippen molar-refractivity contribution in [2.24, 2.45) is 0 Å². The van der Waals surface area contributed by atoms with Gasteiger partial charge in [0.2, 0.25) is 0 Å². The van der Waals surface area contributed by atoms with Gasteiger partial charge in [-0.1, -0.05) is 17.7 Å². The lowest BCUT2D eigenvalue weighted by Crippen LogP contribution is -2.51. The summed E-state index contributed by atoms with van der Waals surface area (Å²) in [6.45, 7) is 2.21. The van der Waals surface area contributed by atoms with Gasteiger partial charge in [-0.15, -0.1) is 0 Å². The average molecular weight is 393 g/mol. The third kappa shape index (κ3) is 5.68. The van der Waals surface area contributed by atoms with E-state index in [1.54, 1.807) is 10.8 Å². The molecule has 1 heterocycles. The van der Waals surface area contributed by atoms with E-state index in [-0.39, 0.29) is 25.0 Å². The fraction of sp³-hybridized carbons (Fsp3) is 0.562. The van der Waals surface area contributed by atoms with Crippen molar-refractivity contribution in [1.29, 1.82) is 0 Å². The van der Waals surface area contributed by atoms with Crippen LogP contribution in [0, 0.1) is 13.8 Å². The third-order valence-corrected chi connectivity index (χ3v) is 5.78. The zero-order valence-electron chi connectivity index (χ0n) is 14.6. The molecule has 1 aliphatic rings. The van der Waals surface area contributed by atoms with Gasteiger partial charge in [0.1, 0.15) is 6.54 Å². The van der Waals surface area contributed by atoms with E-state index in [1.807, 2.05) is 26.0 Å². The number of hydrogen-bond donors (Lipinski definition) is 2. The van der Waals surface area contributed by atoms with E-state index in [2.05, 4.69) is 5.32 Å². The number of piperidine rings is 1. The van der Waals surface area contributed by atoms with Gasteiger partial charge in [-0.25, -0.2) is 0 Å². The summed E-state index contributed by atoms with van der Waals surface area (Å²) in [7, 11) is -4.18. The molecule has 1 amide bonds. The van der Waals surface area contributed by atoms with Crippen molar-refractivity contribution in [2.45, 2.75) is 38.9 Å². The number of halogens is 3. The van der Waals surface area contributed by atoms with Crippen molar-refractivity contribution in [1.82, 2.24) is 14.3 Å². The van der Waals surface area contributed by atoms with E-state index in [1.165, 1.54) is 0 Å². The number of carbonyl (C=O) groups excluding carboxylic acids is 1. The molecule has 0 spiro atoms.